The summed E-state index contributed by atoms with van der Waals surface area (Å²) in [6, 6.07) is 0. The first-order valence-electron chi connectivity index (χ1n) is 6.78. The third-order valence-electron chi connectivity index (χ3n) is 3.38. The van der Waals surface area contributed by atoms with Crippen LogP contribution in [0, 0.1) is 5.92 Å². The Bertz CT molecular complexity index is 463. The topological polar surface area (TPSA) is 86.7 Å². The molecule has 0 aromatic rings. The molecule has 6 nitrogen and oxygen atoms in total. The average Bonchev–Trinajstić information content (AvgIpc) is 2.66. The van der Waals surface area contributed by atoms with Crippen molar-refractivity contribution in [3.05, 3.63) is 0 Å². The van der Waals surface area contributed by atoms with E-state index >= 15 is 0 Å². The number of hydrogen-bond acceptors (Lipinski definition) is 3. The van der Waals surface area contributed by atoms with Gasteiger partial charge in [0.15, 0.2) is 0 Å². The number of aliphatic carboxylic acids is 1. The van der Waals surface area contributed by atoms with Crippen molar-refractivity contribution in [3.8, 4) is 0 Å². The number of carbonyl (C=O) groups excluding carboxylic acids is 2. The largest absolute Gasteiger partial charge is 0.481 e. The van der Waals surface area contributed by atoms with Crippen molar-refractivity contribution < 1.29 is 32.7 Å². The average molecular weight is 324 g/mol. The highest BCUT2D eigenvalue weighted by molar-refractivity contribution is 5.89. The highest BCUT2D eigenvalue weighted by Crippen LogP contribution is 2.24. The van der Waals surface area contributed by atoms with Crippen LogP contribution < -0.4 is 5.32 Å². The molecule has 1 aliphatic heterocycles. The number of nitrogens with zero attached hydrogens (tertiary/aromatic N) is 1. The molecule has 9 heteroatoms. The van der Waals surface area contributed by atoms with E-state index < -0.39 is 42.0 Å². The van der Waals surface area contributed by atoms with Gasteiger partial charge in [-0.2, -0.15) is 13.2 Å². The molecule has 1 atom stereocenters. The predicted molar refractivity (Wildman–Crippen MR) is 69.8 cm³/mol. The third kappa shape index (κ3) is 5.90. The summed E-state index contributed by atoms with van der Waals surface area (Å²) in [5.74, 6) is -3.09. The molecule has 2 amide bonds. The lowest BCUT2D eigenvalue weighted by Crippen LogP contribution is -2.47. The van der Waals surface area contributed by atoms with Crippen molar-refractivity contribution >= 4 is 17.8 Å². The Morgan fingerprint density at radius 2 is 1.95 bits per heavy atom. The Morgan fingerprint density at radius 3 is 2.45 bits per heavy atom. The Labute approximate surface area is 125 Å². The van der Waals surface area contributed by atoms with Crippen molar-refractivity contribution in [1.82, 2.24) is 10.2 Å². The van der Waals surface area contributed by atoms with Crippen molar-refractivity contribution in [2.24, 2.45) is 5.92 Å². The minimum absolute atomic E-state index is 0.142. The zero-order valence-corrected chi connectivity index (χ0v) is 12.4. The van der Waals surface area contributed by atoms with Gasteiger partial charge in [0.2, 0.25) is 11.8 Å². The van der Waals surface area contributed by atoms with Gasteiger partial charge in [-0.25, -0.2) is 0 Å². The maximum Gasteiger partial charge on any atom is 0.406 e. The van der Waals surface area contributed by atoms with E-state index in [0.29, 0.717) is 4.90 Å². The number of rotatable bonds is 6. The van der Waals surface area contributed by atoms with E-state index in [9.17, 15) is 27.6 Å². The van der Waals surface area contributed by atoms with E-state index in [1.165, 1.54) is 0 Å². The molecule has 0 aliphatic carbocycles. The predicted octanol–water partition coefficient (Wildman–Crippen LogP) is 1.16. The van der Waals surface area contributed by atoms with Gasteiger partial charge >= 0.3 is 12.1 Å². The number of halogens is 3. The summed E-state index contributed by atoms with van der Waals surface area (Å²) in [6.07, 6.45) is -4.73. The van der Waals surface area contributed by atoms with Crippen LogP contribution in [-0.2, 0) is 14.4 Å². The second-order valence-corrected chi connectivity index (χ2v) is 6.06. The quantitative estimate of drug-likeness (QED) is 0.767. The van der Waals surface area contributed by atoms with Crippen molar-refractivity contribution in [3.63, 3.8) is 0 Å². The fraction of sp³-hybridized carbons (Fsp3) is 0.769. The number of likely N-dealkylation sites (tertiary alicyclic amines) is 1. The van der Waals surface area contributed by atoms with E-state index in [4.69, 9.17) is 5.11 Å². The molecule has 1 unspecified atom stereocenters. The van der Waals surface area contributed by atoms with Crippen molar-refractivity contribution in [2.75, 3.05) is 13.1 Å². The minimum Gasteiger partial charge on any atom is -0.481 e. The Kier molecular flexibility index (Phi) is 5.42. The van der Waals surface area contributed by atoms with Crippen molar-refractivity contribution in [1.29, 1.82) is 0 Å². The number of hydrogen-bond donors (Lipinski definition) is 2. The molecule has 1 rings (SSSR count). The van der Waals surface area contributed by atoms with Crippen LogP contribution in [0.3, 0.4) is 0 Å². The second-order valence-electron chi connectivity index (χ2n) is 6.06. The number of amides is 2. The maximum atomic E-state index is 12.3. The van der Waals surface area contributed by atoms with E-state index in [1.54, 1.807) is 13.8 Å². The molecule has 0 bridgehead atoms. The van der Waals surface area contributed by atoms with Gasteiger partial charge in [-0.1, -0.05) is 0 Å². The first-order chi connectivity index (χ1) is 9.89. The monoisotopic (exact) mass is 324 g/mol. The summed E-state index contributed by atoms with van der Waals surface area (Å²) >= 11 is 0. The van der Waals surface area contributed by atoms with Gasteiger partial charge in [-0.15, -0.1) is 0 Å². The number of carboxylic acids is 1. The lowest BCUT2D eigenvalue weighted by molar-refractivity contribution is -0.157. The van der Waals surface area contributed by atoms with E-state index in [0.717, 1.165) is 0 Å². The Hall–Kier alpha value is -1.80. The molecular formula is C13H19F3N2O4. The highest BCUT2D eigenvalue weighted by atomic mass is 19.4. The summed E-state index contributed by atoms with van der Waals surface area (Å²) < 4.78 is 36.9. The van der Waals surface area contributed by atoms with Gasteiger partial charge in [-0.3, -0.25) is 14.4 Å². The summed E-state index contributed by atoms with van der Waals surface area (Å²) in [5.41, 5.74) is -0.810. The third-order valence-corrected chi connectivity index (χ3v) is 3.38. The van der Waals surface area contributed by atoms with Crippen LogP contribution >= 0.6 is 0 Å². The molecule has 126 valence electrons. The molecule has 0 radical (unpaired) electrons. The molecule has 0 saturated carbocycles. The molecule has 1 saturated heterocycles. The van der Waals surface area contributed by atoms with Gasteiger partial charge in [-0.05, 0) is 20.3 Å². The zero-order chi connectivity index (χ0) is 17.1. The molecular weight excluding hydrogens is 305 g/mol. The van der Waals surface area contributed by atoms with Crippen LogP contribution in [0.4, 0.5) is 13.2 Å². The smallest absolute Gasteiger partial charge is 0.406 e. The standard InChI is InChI=1S/C13H19F3N2O4/c1-12(2,4-3-10(20)21)17-11(22)8-5-9(19)18(6-8)7-13(14,15)16/h8H,3-7H2,1-2H3,(H,17,22)(H,20,21). The lowest BCUT2D eigenvalue weighted by Gasteiger charge is -2.27. The molecule has 0 aromatic heterocycles. The van der Waals surface area contributed by atoms with Gasteiger partial charge in [0, 0.05) is 24.9 Å². The molecule has 22 heavy (non-hydrogen) atoms. The number of alkyl halides is 3. The molecule has 2 N–H and O–H groups in total. The number of nitrogens with one attached hydrogen (secondary N) is 1. The van der Waals surface area contributed by atoms with Gasteiger partial charge < -0.3 is 15.3 Å². The Balaban J connectivity index is 2.57. The lowest BCUT2D eigenvalue weighted by atomic mass is 9.96. The summed E-state index contributed by atoms with van der Waals surface area (Å²) in [6.45, 7) is 1.60. The minimum atomic E-state index is -4.50. The normalized spacial score (nSPS) is 19.4. The summed E-state index contributed by atoms with van der Waals surface area (Å²) in [7, 11) is 0. The van der Waals surface area contributed by atoms with Gasteiger partial charge in [0.1, 0.15) is 6.54 Å². The fourth-order valence-corrected chi connectivity index (χ4v) is 2.23. The number of carbonyl (C=O) groups is 3. The van der Waals surface area contributed by atoms with Gasteiger partial charge in [0.25, 0.3) is 0 Å². The van der Waals surface area contributed by atoms with E-state index in [-0.39, 0.29) is 25.8 Å². The highest BCUT2D eigenvalue weighted by Gasteiger charge is 2.41. The van der Waals surface area contributed by atoms with Crippen LogP contribution in [0.25, 0.3) is 0 Å². The van der Waals surface area contributed by atoms with Crippen LogP contribution in [0.5, 0.6) is 0 Å². The maximum absolute atomic E-state index is 12.3. The summed E-state index contributed by atoms with van der Waals surface area (Å²) in [4.78, 5) is 34.7. The van der Waals surface area contributed by atoms with Gasteiger partial charge in [0.05, 0.1) is 5.92 Å². The van der Waals surface area contributed by atoms with Crippen LogP contribution in [-0.4, -0.2) is 52.6 Å². The first-order valence-corrected chi connectivity index (χ1v) is 6.78. The Morgan fingerprint density at radius 1 is 1.36 bits per heavy atom. The molecule has 0 spiro atoms. The summed E-state index contributed by atoms with van der Waals surface area (Å²) in [5, 5.41) is 11.2. The molecule has 1 fully saturated rings. The van der Waals surface area contributed by atoms with Crippen molar-refractivity contribution in [2.45, 2.75) is 44.8 Å². The molecule has 0 aromatic carbocycles. The van der Waals surface area contributed by atoms with Crippen LogP contribution in [0.15, 0.2) is 0 Å². The van der Waals surface area contributed by atoms with Crippen LogP contribution in [0.2, 0.25) is 0 Å². The van der Waals surface area contributed by atoms with Crippen LogP contribution in [0.1, 0.15) is 33.1 Å². The second kappa shape index (κ2) is 6.53. The van der Waals surface area contributed by atoms with E-state index in [1.807, 2.05) is 0 Å². The molecule has 1 aliphatic rings. The zero-order valence-electron chi connectivity index (χ0n) is 12.4. The molecule has 1 heterocycles. The SMILES string of the molecule is CC(C)(CCC(=O)O)NC(=O)C1CC(=O)N(CC(F)(F)F)C1. The fourth-order valence-electron chi connectivity index (χ4n) is 2.23. The van der Waals surface area contributed by atoms with E-state index in [2.05, 4.69) is 5.32 Å². The first kappa shape index (κ1) is 18.2. The number of carboxylic acid groups (broad SMARTS) is 1.